The molecule has 0 unspecified atom stereocenters. The van der Waals surface area contributed by atoms with Gasteiger partial charge in [-0.25, -0.2) is 4.39 Å². The molecule has 0 bridgehead atoms. The summed E-state index contributed by atoms with van der Waals surface area (Å²) in [5, 5.41) is 0.240. The molecule has 3 aromatic carbocycles. The highest BCUT2D eigenvalue weighted by Gasteiger charge is 2.06. The third-order valence-electron chi connectivity index (χ3n) is 4.05. The highest BCUT2D eigenvalue weighted by molar-refractivity contribution is 6.31. The Morgan fingerprint density at radius 3 is 2.04 bits per heavy atom. The second-order valence-electron chi connectivity index (χ2n) is 5.78. The van der Waals surface area contributed by atoms with E-state index in [-0.39, 0.29) is 10.8 Å². The van der Waals surface area contributed by atoms with Gasteiger partial charge in [-0.2, -0.15) is 0 Å². The first-order chi connectivity index (χ1) is 11.1. The van der Waals surface area contributed by atoms with Crippen molar-refractivity contribution in [1.29, 1.82) is 0 Å². The van der Waals surface area contributed by atoms with Crippen molar-refractivity contribution >= 4 is 11.6 Å². The minimum atomic E-state index is -0.348. The molecular formula is C21H18ClF. The fraction of sp³-hybridized carbons (Fsp3) is 0.143. The molecule has 0 radical (unpaired) electrons. The van der Waals surface area contributed by atoms with Crippen molar-refractivity contribution in [2.45, 2.75) is 19.8 Å². The first kappa shape index (κ1) is 15.8. The van der Waals surface area contributed by atoms with E-state index in [2.05, 4.69) is 55.5 Å². The molecule has 0 fully saturated rings. The predicted molar refractivity (Wildman–Crippen MR) is 95.4 cm³/mol. The first-order valence-electron chi connectivity index (χ1n) is 7.72. The molecule has 0 saturated heterocycles. The highest BCUT2D eigenvalue weighted by Crippen LogP contribution is 2.23. The van der Waals surface area contributed by atoms with E-state index in [0.717, 1.165) is 18.4 Å². The van der Waals surface area contributed by atoms with Crippen molar-refractivity contribution in [3.8, 4) is 11.1 Å². The Balaban J connectivity index is 1.70. The molecule has 116 valence electrons. The molecule has 0 aliphatic carbocycles. The van der Waals surface area contributed by atoms with Crippen LogP contribution in [0.25, 0.3) is 11.1 Å². The first-order valence-corrected chi connectivity index (χ1v) is 8.10. The average Bonchev–Trinajstić information content (AvgIpc) is 2.57. The fourth-order valence-electron chi connectivity index (χ4n) is 2.63. The van der Waals surface area contributed by atoms with Crippen LogP contribution in [0.3, 0.4) is 0 Å². The molecule has 0 saturated carbocycles. The number of halogens is 2. The quantitative estimate of drug-likeness (QED) is 0.533. The van der Waals surface area contributed by atoms with Gasteiger partial charge in [0.05, 0.1) is 5.02 Å². The van der Waals surface area contributed by atoms with Gasteiger partial charge in [0.1, 0.15) is 5.82 Å². The zero-order valence-electron chi connectivity index (χ0n) is 13.0. The van der Waals surface area contributed by atoms with Crippen LogP contribution in [-0.2, 0) is 12.8 Å². The Morgan fingerprint density at radius 1 is 0.783 bits per heavy atom. The van der Waals surface area contributed by atoms with Gasteiger partial charge >= 0.3 is 0 Å². The summed E-state index contributed by atoms with van der Waals surface area (Å²) in [7, 11) is 0. The molecule has 0 nitrogen and oxygen atoms in total. The van der Waals surface area contributed by atoms with E-state index in [9.17, 15) is 4.39 Å². The lowest BCUT2D eigenvalue weighted by atomic mass is 10.00. The number of hydrogen-bond acceptors (Lipinski definition) is 0. The van der Waals surface area contributed by atoms with Crippen LogP contribution in [0, 0.1) is 12.7 Å². The van der Waals surface area contributed by atoms with Gasteiger partial charge in [0, 0.05) is 0 Å². The zero-order valence-corrected chi connectivity index (χ0v) is 13.8. The van der Waals surface area contributed by atoms with Crippen molar-refractivity contribution in [2.75, 3.05) is 0 Å². The van der Waals surface area contributed by atoms with Gasteiger partial charge in [-0.3, -0.25) is 0 Å². The maximum absolute atomic E-state index is 13.4. The monoisotopic (exact) mass is 324 g/mol. The summed E-state index contributed by atoms with van der Waals surface area (Å²) in [5.41, 5.74) is 5.76. The van der Waals surface area contributed by atoms with Gasteiger partial charge in [0.25, 0.3) is 0 Å². The molecule has 23 heavy (non-hydrogen) atoms. The molecule has 0 aromatic heterocycles. The molecule has 0 heterocycles. The van der Waals surface area contributed by atoms with E-state index in [4.69, 9.17) is 11.6 Å². The minimum Gasteiger partial charge on any atom is -0.205 e. The van der Waals surface area contributed by atoms with Crippen molar-refractivity contribution in [3.63, 3.8) is 0 Å². The Morgan fingerprint density at radius 2 is 1.39 bits per heavy atom. The predicted octanol–water partition coefficient (Wildman–Crippen LogP) is 6.24. The number of benzene rings is 3. The Hall–Kier alpha value is -2.12. The Bertz CT molecular complexity index is 789. The zero-order chi connectivity index (χ0) is 16.2. The number of rotatable bonds is 4. The maximum Gasteiger partial charge on any atom is 0.142 e. The van der Waals surface area contributed by atoms with E-state index in [1.54, 1.807) is 6.07 Å². The van der Waals surface area contributed by atoms with Crippen molar-refractivity contribution in [3.05, 3.63) is 94.3 Å². The standard InChI is InChI=1S/C21H18ClF/c1-15-5-10-17(11-6-15)18-12-7-16(8-13-18)9-14-19-3-2-4-20(23)21(19)22/h2-8,10-13H,9,14H2,1H3. The van der Waals surface area contributed by atoms with Crippen LogP contribution in [0.5, 0.6) is 0 Å². The van der Waals surface area contributed by atoms with Crippen LogP contribution < -0.4 is 0 Å². The Labute approximate surface area is 141 Å². The van der Waals surface area contributed by atoms with Crippen LogP contribution in [0.2, 0.25) is 5.02 Å². The smallest absolute Gasteiger partial charge is 0.142 e. The summed E-state index contributed by atoms with van der Waals surface area (Å²) < 4.78 is 13.4. The molecule has 0 aliphatic heterocycles. The lowest BCUT2D eigenvalue weighted by molar-refractivity contribution is 0.625. The van der Waals surface area contributed by atoms with E-state index in [0.29, 0.717) is 0 Å². The number of aryl methyl sites for hydroxylation is 3. The van der Waals surface area contributed by atoms with Crippen molar-refractivity contribution in [1.82, 2.24) is 0 Å². The summed E-state index contributed by atoms with van der Waals surface area (Å²) in [4.78, 5) is 0. The second-order valence-corrected chi connectivity index (χ2v) is 6.15. The lowest BCUT2D eigenvalue weighted by Crippen LogP contribution is -1.94. The normalized spacial score (nSPS) is 10.7. The third kappa shape index (κ3) is 3.80. The number of hydrogen-bond donors (Lipinski definition) is 0. The van der Waals surface area contributed by atoms with E-state index >= 15 is 0 Å². The van der Waals surface area contributed by atoms with Crippen LogP contribution in [0.15, 0.2) is 66.7 Å². The highest BCUT2D eigenvalue weighted by atomic mass is 35.5. The van der Waals surface area contributed by atoms with Crippen LogP contribution in [-0.4, -0.2) is 0 Å². The third-order valence-corrected chi connectivity index (χ3v) is 4.48. The van der Waals surface area contributed by atoms with E-state index < -0.39 is 0 Å². The molecule has 0 aliphatic rings. The molecule has 3 rings (SSSR count). The second kappa shape index (κ2) is 6.97. The molecule has 2 heteroatoms. The van der Waals surface area contributed by atoms with Gasteiger partial charge in [-0.1, -0.05) is 77.8 Å². The molecule has 0 atom stereocenters. The van der Waals surface area contributed by atoms with Gasteiger partial charge < -0.3 is 0 Å². The summed E-state index contributed by atoms with van der Waals surface area (Å²) in [6.45, 7) is 2.09. The minimum absolute atomic E-state index is 0.240. The lowest BCUT2D eigenvalue weighted by Gasteiger charge is -2.07. The van der Waals surface area contributed by atoms with E-state index in [1.807, 2.05) is 6.07 Å². The molecule has 0 spiro atoms. The van der Waals surface area contributed by atoms with Crippen molar-refractivity contribution in [2.24, 2.45) is 0 Å². The van der Waals surface area contributed by atoms with Crippen LogP contribution >= 0.6 is 11.6 Å². The maximum atomic E-state index is 13.4. The van der Waals surface area contributed by atoms with Crippen molar-refractivity contribution < 1.29 is 4.39 Å². The molecular weight excluding hydrogens is 307 g/mol. The van der Waals surface area contributed by atoms with Gasteiger partial charge in [0.2, 0.25) is 0 Å². The summed E-state index contributed by atoms with van der Waals surface area (Å²) in [5.74, 6) is -0.348. The van der Waals surface area contributed by atoms with Gasteiger partial charge in [-0.15, -0.1) is 0 Å². The van der Waals surface area contributed by atoms with Gasteiger partial charge in [0.15, 0.2) is 0 Å². The molecule has 0 N–H and O–H groups in total. The largest absolute Gasteiger partial charge is 0.205 e. The molecule has 3 aromatic rings. The van der Waals surface area contributed by atoms with Gasteiger partial charge in [-0.05, 0) is 48.1 Å². The summed E-state index contributed by atoms with van der Waals surface area (Å²) in [6.07, 6.45) is 1.58. The summed E-state index contributed by atoms with van der Waals surface area (Å²) >= 11 is 6.00. The van der Waals surface area contributed by atoms with E-state index in [1.165, 1.54) is 28.3 Å². The summed E-state index contributed by atoms with van der Waals surface area (Å²) in [6, 6.07) is 22.0. The Kier molecular flexibility index (Phi) is 4.78. The topological polar surface area (TPSA) is 0 Å². The SMILES string of the molecule is Cc1ccc(-c2ccc(CCc3cccc(F)c3Cl)cc2)cc1. The van der Waals surface area contributed by atoms with Crippen LogP contribution in [0.1, 0.15) is 16.7 Å². The molecule has 0 amide bonds. The average molecular weight is 325 g/mol. The fourth-order valence-corrected chi connectivity index (χ4v) is 2.85. The van der Waals surface area contributed by atoms with Crippen LogP contribution in [0.4, 0.5) is 4.39 Å².